The maximum Gasteiger partial charge on any atom is 0.418 e. The monoisotopic (exact) mass is 481 g/mol. The van der Waals surface area contributed by atoms with E-state index in [1.54, 1.807) is 26.0 Å². The first-order valence-electron chi connectivity index (χ1n) is 10.6. The normalized spacial score (nSPS) is 15.5. The molecule has 186 valence electrons. The summed E-state index contributed by atoms with van der Waals surface area (Å²) in [5.74, 6) is -1.14. The van der Waals surface area contributed by atoms with Gasteiger partial charge in [-0.3, -0.25) is 19.5 Å². The predicted octanol–water partition coefficient (Wildman–Crippen LogP) is 3.98. The lowest BCUT2D eigenvalue weighted by Gasteiger charge is -2.25. The first-order valence-corrected chi connectivity index (χ1v) is 10.6. The van der Waals surface area contributed by atoms with E-state index >= 15 is 0 Å². The van der Waals surface area contributed by atoms with E-state index in [4.69, 9.17) is 10.8 Å². The Morgan fingerprint density at radius 3 is 2.41 bits per heavy atom. The summed E-state index contributed by atoms with van der Waals surface area (Å²) in [6.07, 6.45) is -3.67. The van der Waals surface area contributed by atoms with Crippen molar-refractivity contribution in [2.45, 2.75) is 52.4 Å². The second-order valence-electron chi connectivity index (χ2n) is 7.23. The van der Waals surface area contributed by atoms with Crippen LogP contribution in [0.1, 0.15) is 61.8 Å². The molecule has 1 aliphatic heterocycles. The summed E-state index contributed by atoms with van der Waals surface area (Å²) in [6, 6.07) is 7.70. The lowest BCUT2D eigenvalue weighted by atomic mass is 10.0. The minimum atomic E-state index is -4.70. The van der Waals surface area contributed by atoms with E-state index in [1.165, 1.54) is 24.1 Å². The number of benzene rings is 1. The molecule has 1 aromatic heterocycles. The minimum Gasteiger partial charge on any atom is -0.394 e. The molecule has 3 rings (SSSR count). The highest BCUT2D eigenvalue weighted by atomic mass is 19.4. The molecule has 0 saturated heterocycles. The van der Waals surface area contributed by atoms with E-state index in [0.717, 1.165) is 18.3 Å². The van der Waals surface area contributed by atoms with Crippen LogP contribution in [-0.4, -0.2) is 45.9 Å². The van der Waals surface area contributed by atoms with Crippen molar-refractivity contribution in [1.29, 1.82) is 0 Å². The number of aliphatic hydroxyl groups excluding tert-OH is 1. The number of aliphatic hydroxyl groups is 1. The van der Waals surface area contributed by atoms with E-state index in [9.17, 15) is 22.8 Å². The molecule has 0 spiro atoms. The van der Waals surface area contributed by atoms with E-state index < -0.39 is 29.4 Å². The van der Waals surface area contributed by atoms with Crippen LogP contribution in [0, 0.1) is 0 Å². The van der Waals surface area contributed by atoms with Crippen molar-refractivity contribution in [1.82, 2.24) is 9.88 Å². The number of hydrogen-bond donors (Lipinski definition) is 3. The fourth-order valence-electron chi connectivity index (χ4n) is 2.74. The van der Waals surface area contributed by atoms with Gasteiger partial charge in [0.25, 0.3) is 5.91 Å². The van der Waals surface area contributed by atoms with Crippen LogP contribution in [0.3, 0.4) is 0 Å². The smallest absolute Gasteiger partial charge is 0.394 e. The maximum atomic E-state index is 13.1. The van der Waals surface area contributed by atoms with Gasteiger partial charge in [0.05, 0.1) is 18.0 Å². The van der Waals surface area contributed by atoms with Gasteiger partial charge in [0.2, 0.25) is 5.91 Å². The van der Waals surface area contributed by atoms with Gasteiger partial charge >= 0.3 is 6.18 Å². The molecule has 0 fully saturated rings. The van der Waals surface area contributed by atoms with Gasteiger partial charge < -0.3 is 16.2 Å². The number of aliphatic imine (C=N–C) groups is 1. The summed E-state index contributed by atoms with van der Waals surface area (Å²) in [6.45, 7) is 7.44. The fourth-order valence-corrected chi connectivity index (χ4v) is 2.74. The standard InChI is InChI=1S/C18H16F3N5O2.C3H8O.C2H6/c1-26-14(27)9-13(25-17(26)22)10-4-2-5-11(8-10)24-16(28)15-12(18(19,20)21)6-3-7-23-15;1-3(2)4;1-2/h2-8,13H,9H2,1H3,(H2,22,25)(H,24,28);3-4H,1-2H3;1-2H3. The number of halogens is 3. The Labute approximate surface area is 196 Å². The quantitative estimate of drug-likeness (QED) is 0.612. The van der Waals surface area contributed by atoms with Gasteiger partial charge in [-0.05, 0) is 43.7 Å². The third-order valence-corrected chi connectivity index (χ3v) is 4.23. The van der Waals surface area contributed by atoms with Gasteiger partial charge in [-0.15, -0.1) is 0 Å². The van der Waals surface area contributed by atoms with Crippen LogP contribution in [-0.2, 0) is 11.0 Å². The Kier molecular flexibility index (Phi) is 10.7. The molecule has 0 bridgehead atoms. The molecule has 1 atom stereocenters. The summed E-state index contributed by atoms with van der Waals surface area (Å²) in [5.41, 5.74) is 4.72. The molecule has 2 heterocycles. The second kappa shape index (κ2) is 12.7. The van der Waals surface area contributed by atoms with E-state index in [-0.39, 0.29) is 30.1 Å². The average molecular weight is 482 g/mol. The lowest BCUT2D eigenvalue weighted by Crippen LogP contribution is -2.42. The Hall–Kier alpha value is -3.47. The number of pyridine rings is 1. The molecule has 8 nitrogen and oxygen atoms in total. The Morgan fingerprint density at radius 1 is 1.24 bits per heavy atom. The van der Waals surface area contributed by atoms with Crippen LogP contribution in [0.5, 0.6) is 0 Å². The Bertz CT molecular complexity index is 1010. The van der Waals surface area contributed by atoms with E-state index in [1.807, 2.05) is 13.8 Å². The van der Waals surface area contributed by atoms with Gasteiger partial charge in [-0.1, -0.05) is 26.0 Å². The zero-order chi connectivity index (χ0) is 26.1. The SMILES string of the molecule is CC.CC(C)O.CN1C(=O)CC(c2cccc(NC(=O)c3ncccc3C(F)(F)F)c2)N=C1N. The Morgan fingerprint density at radius 2 is 1.85 bits per heavy atom. The summed E-state index contributed by atoms with van der Waals surface area (Å²) in [5, 5.41) is 10.5. The molecular formula is C23H30F3N5O3. The summed E-state index contributed by atoms with van der Waals surface area (Å²) in [4.78, 5) is 33.3. The predicted molar refractivity (Wildman–Crippen MR) is 124 cm³/mol. The third kappa shape index (κ3) is 8.14. The van der Waals surface area contributed by atoms with Gasteiger partial charge in [0.1, 0.15) is 5.69 Å². The Balaban J connectivity index is 0.000000872. The zero-order valence-electron chi connectivity index (χ0n) is 19.7. The van der Waals surface area contributed by atoms with Crippen molar-refractivity contribution in [3.05, 3.63) is 59.4 Å². The summed E-state index contributed by atoms with van der Waals surface area (Å²) < 4.78 is 39.2. The van der Waals surface area contributed by atoms with Crippen LogP contribution in [0.25, 0.3) is 0 Å². The van der Waals surface area contributed by atoms with Crippen molar-refractivity contribution in [3.63, 3.8) is 0 Å². The van der Waals surface area contributed by atoms with Crippen molar-refractivity contribution >= 4 is 23.5 Å². The van der Waals surface area contributed by atoms with Crippen molar-refractivity contribution in [2.24, 2.45) is 10.7 Å². The number of nitrogens with one attached hydrogen (secondary N) is 1. The number of alkyl halides is 3. The van der Waals surface area contributed by atoms with Crippen LogP contribution >= 0.6 is 0 Å². The number of aromatic nitrogens is 1. The first kappa shape index (κ1) is 28.6. The molecule has 2 amide bonds. The van der Waals surface area contributed by atoms with Crippen molar-refractivity contribution in [3.8, 4) is 0 Å². The number of guanidine groups is 1. The second-order valence-corrected chi connectivity index (χ2v) is 7.23. The molecule has 1 aliphatic rings. The van der Waals surface area contributed by atoms with E-state index in [2.05, 4.69) is 15.3 Å². The fraction of sp³-hybridized carbons (Fsp3) is 0.391. The molecule has 11 heteroatoms. The molecule has 1 unspecified atom stereocenters. The molecule has 1 aromatic carbocycles. The number of hydrogen-bond acceptors (Lipinski definition) is 6. The number of anilines is 1. The largest absolute Gasteiger partial charge is 0.418 e. The highest BCUT2D eigenvalue weighted by Crippen LogP contribution is 2.32. The van der Waals surface area contributed by atoms with E-state index in [0.29, 0.717) is 5.56 Å². The van der Waals surface area contributed by atoms with Crippen LogP contribution in [0.15, 0.2) is 47.6 Å². The highest BCUT2D eigenvalue weighted by molar-refractivity contribution is 6.04. The summed E-state index contributed by atoms with van der Waals surface area (Å²) >= 11 is 0. The number of nitrogens with zero attached hydrogens (tertiary/aromatic N) is 3. The van der Waals surface area contributed by atoms with Crippen LogP contribution in [0.2, 0.25) is 0 Å². The van der Waals surface area contributed by atoms with Crippen molar-refractivity contribution < 1.29 is 27.9 Å². The lowest BCUT2D eigenvalue weighted by molar-refractivity contribution is -0.138. The third-order valence-electron chi connectivity index (χ3n) is 4.23. The molecular weight excluding hydrogens is 451 g/mol. The minimum absolute atomic E-state index is 0.0685. The molecule has 0 saturated carbocycles. The number of amides is 2. The van der Waals surface area contributed by atoms with Crippen molar-refractivity contribution in [2.75, 3.05) is 12.4 Å². The molecule has 2 aromatic rings. The maximum absolute atomic E-state index is 13.1. The number of carbonyl (C=O) groups is 2. The number of nitrogens with two attached hydrogens (primary N) is 1. The molecule has 4 N–H and O–H groups in total. The zero-order valence-corrected chi connectivity index (χ0v) is 19.7. The van der Waals surface area contributed by atoms with Crippen LogP contribution in [0.4, 0.5) is 18.9 Å². The average Bonchev–Trinajstić information content (AvgIpc) is 2.77. The molecule has 0 radical (unpaired) electrons. The van der Waals surface area contributed by atoms with Gasteiger partial charge in [0.15, 0.2) is 5.96 Å². The highest BCUT2D eigenvalue weighted by Gasteiger charge is 2.36. The number of rotatable bonds is 3. The van der Waals surface area contributed by atoms with Gasteiger partial charge in [-0.25, -0.2) is 4.99 Å². The van der Waals surface area contributed by atoms with Gasteiger partial charge in [0, 0.05) is 25.0 Å². The number of carbonyl (C=O) groups excluding carboxylic acids is 2. The molecule has 0 aliphatic carbocycles. The topological polar surface area (TPSA) is 121 Å². The summed E-state index contributed by atoms with van der Waals surface area (Å²) in [7, 11) is 1.51. The van der Waals surface area contributed by atoms with Gasteiger partial charge in [-0.2, -0.15) is 13.2 Å². The molecule has 34 heavy (non-hydrogen) atoms. The first-order chi connectivity index (χ1) is 15.9. The van der Waals surface area contributed by atoms with Crippen LogP contribution < -0.4 is 11.1 Å².